The molecule has 0 saturated heterocycles. The third-order valence-electron chi connectivity index (χ3n) is 1.60. The third kappa shape index (κ3) is 1.96. The minimum absolute atomic E-state index is 0.155. The SMILES string of the molecule is COc1cccnc1C(=O)N(C)C. The van der Waals surface area contributed by atoms with Crippen LogP contribution >= 0.6 is 0 Å². The molecule has 0 bridgehead atoms. The lowest BCUT2D eigenvalue weighted by atomic mass is 10.3. The van der Waals surface area contributed by atoms with Gasteiger partial charge in [-0.05, 0) is 12.1 Å². The molecule has 0 unspecified atom stereocenters. The lowest BCUT2D eigenvalue weighted by molar-refractivity contribution is 0.0818. The van der Waals surface area contributed by atoms with Gasteiger partial charge in [0.1, 0.15) is 5.75 Å². The second-order valence-corrected chi connectivity index (χ2v) is 2.75. The Hall–Kier alpha value is -1.58. The van der Waals surface area contributed by atoms with Crippen LogP contribution in [0.1, 0.15) is 10.5 Å². The minimum Gasteiger partial charge on any atom is -0.494 e. The van der Waals surface area contributed by atoms with Gasteiger partial charge < -0.3 is 9.64 Å². The van der Waals surface area contributed by atoms with Gasteiger partial charge in [0.2, 0.25) is 0 Å². The lowest BCUT2D eigenvalue weighted by Gasteiger charge is -2.11. The number of amides is 1. The maximum absolute atomic E-state index is 11.5. The van der Waals surface area contributed by atoms with E-state index < -0.39 is 0 Å². The van der Waals surface area contributed by atoms with E-state index in [9.17, 15) is 4.79 Å². The van der Waals surface area contributed by atoms with Gasteiger partial charge in [0.25, 0.3) is 5.91 Å². The Bertz CT molecular complexity index is 310. The van der Waals surface area contributed by atoms with Crippen LogP contribution in [0.25, 0.3) is 0 Å². The molecule has 4 nitrogen and oxygen atoms in total. The van der Waals surface area contributed by atoms with Gasteiger partial charge in [0, 0.05) is 20.3 Å². The highest BCUT2D eigenvalue weighted by atomic mass is 16.5. The molecule has 1 rings (SSSR count). The summed E-state index contributed by atoms with van der Waals surface area (Å²) >= 11 is 0. The van der Waals surface area contributed by atoms with Gasteiger partial charge in [-0.15, -0.1) is 0 Å². The fourth-order valence-electron chi connectivity index (χ4n) is 0.928. The van der Waals surface area contributed by atoms with Crippen LogP contribution in [0.3, 0.4) is 0 Å². The largest absolute Gasteiger partial charge is 0.494 e. The first-order chi connectivity index (χ1) is 6.16. The monoisotopic (exact) mass is 180 g/mol. The molecule has 0 fully saturated rings. The molecular weight excluding hydrogens is 168 g/mol. The van der Waals surface area contributed by atoms with Crippen molar-refractivity contribution in [3.8, 4) is 5.75 Å². The number of carbonyl (C=O) groups excluding carboxylic acids is 1. The highest BCUT2D eigenvalue weighted by molar-refractivity contribution is 5.94. The Balaban J connectivity index is 3.06. The minimum atomic E-state index is -0.155. The van der Waals surface area contributed by atoms with Gasteiger partial charge in [-0.1, -0.05) is 0 Å². The normalized spacial score (nSPS) is 9.46. The highest BCUT2D eigenvalue weighted by Crippen LogP contribution is 2.15. The van der Waals surface area contributed by atoms with E-state index >= 15 is 0 Å². The Kier molecular flexibility index (Phi) is 2.84. The summed E-state index contributed by atoms with van der Waals surface area (Å²) in [5.41, 5.74) is 0.343. The Morgan fingerprint density at radius 2 is 2.23 bits per heavy atom. The summed E-state index contributed by atoms with van der Waals surface area (Å²) < 4.78 is 5.01. The topological polar surface area (TPSA) is 42.4 Å². The fourth-order valence-corrected chi connectivity index (χ4v) is 0.928. The number of aromatic nitrogens is 1. The molecule has 0 radical (unpaired) electrons. The first-order valence-corrected chi connectivity index (χ1v) is 3.87. The van der Waals surface area contributed by atoms with Crippen LogP contribution in [0.15, 0.2) is 18.3 Å². The second-order valence-electron chi connectivity index (χ2n) is 2.75. The molecule has 4 heteroatoms. The van der Waals surface area contributed by atoms with E-state index in [1.165, 1.54) is 12.0 Å². The zero-order valence-corrected chi connectivity index (χ0v) is 7.94. The van der Waals surface area contributed by atoms with Crippen molar-refractivity contribution in [2.24, 2.45) is 0 Å². The summed E-state index contributed by atoms with van der Waals surface area (Å²) in [6.45, 7) is 0. The number of hydrogen-bond donors (Lipinski definition) is 0. The molecule has 70 valence electrons. The predicted octanol–water partition coefficient (Wildman–Crippen LogP) is 0.792. The van der Waals surface area contributed by atoms with Gasteiger partial charge in [-0.3, -0.25) is 4.79 Å². The van der Waals surface area contributed by atoms with Crippen molar-refractivity contribution >= 4 is 5.91 Å². The molecule has 1 aromatic heterocycles. The van der Waals surface area contributed by atoms with Crippen molar-refractivity contribution in [3.63, 3.8) is 0 Å². The number of hydrogen-bond acceptors (Lipinski definition) is 3. The Labute approximate surface area is 77.1 Å². The molecule has 0 aliphatic carbocycles. The summed E-state index contributed by atoms with van der Waals surface area (Å²) in [5, 5.41) is 0. The third-order valence-corrected chi connectivity index (χ3v) is 1.60. The van der Waals surface area contributed by atoms with Crippen LogP contribution in [0.4, 0.5) is 0 Å². The molecule has 0 saturated carbocycles. The molecule has 0 spiro atoms. The second kappa shape index (κ2) is 3.89. The number of pyridine rings is 1. The molecule has 0 aliphatic heterocycles. The predicted molar refractivity (Wildman–Crippen MR) is 48.8 cm³/mol. The fraction of sp³-hybridized carbons (Fsp3) is 0.333. The summed E-state index contributed by atoms with van der Waals surface area (Å²) in [6.07, 6.45) is 1.57. The van der Waals surface area contributed by atoms with Gasteiger partial charge in [-0.2, -0.15) is 0 Å². The van der Waals surface area contributed by atoms with Crippen LogP contribution in [-0.2, 0) is 0 Å². The molecule has 0 atom stereocenters. The van der Waals surface area contributed by atoms with E-state index in [1.807, 2.05) is 0 Å². The first-order valence-electron chi connectivity index (χ1n) is 3.87. The molecule has 1 amide bonds. The number of carbonyl (C=O) groups is 1. The van der Waals surface area contributed by atoms with Crippen molar-refractivity contribution in [3.05, 3.63) is 24.0 Å². The van der Waals surface area contributed by atoms with Crippen molar-refractivity contribution in [1.82, 2.24) is 9.88 Å². The molecular formula is C9H12N2O2. The zero-order chi connectivity index (χ0) is 9.84. The summed E-state index contributed by atoms with van der Waals surface area (Å²) in [6, 6.07) is 3.44. The van der Waals surface area contributed by atoms with E-state index in [1.54, 1.807) is 32.4 Å². The molecule has 0 aliphatic rings. The molecule has 0 aromatic carbocycles. The van der Waals surface area contributed by atoms with Crippen LogP contribution in [0.2, 0.25) is 0 Å². The summed E-state index contributed by atoms with van der Waals surface area (Å²) in [4.78, 5) is 16.9. The van der Waals surface area contributed by atoms with E-state index in [4.69, 9.17) is 4.74 Å². The van der Waals surface area contributed by atoms with Crippen LogP contribution in [0, 0.1) is 0 Å². The van der Waals surface area contributed by atoms with E-state index in [2.05, 4.69) is 4.98 Å². The number of nitrogens with zero attached hydrogens (tertiary/aromatic N) is 2. The van der Waals surface area contributed by atoms with Crippen molar-refractivity contribution in [1.29, 1.82) is 0 Å². The van der Waals surface area contributed by atoms with Crippen LogP contribution in [-0.4, -0.2) is 37.0 Å². The highest BCUT2D eigenvalue weighted by Gasteiger charge is 2.14. The molecule has 13 heavy (non-hydrogen) atoms. The molecule has 1 aromatic rings. The quantitative estimate of drug-likeness (QED) is 0.675. The van der Waals surface area contributed by atoms with Crippen LogP contribution < -0.4 is 4.74 Å². The molecule has 1 heterocycles. The van der Waals surface area contributed by atoms with Crippen molar-refractivity contribution in [2.45, 2.75) is 0 Å². The lowest BCUT2D eigenvalue weighted by Crippen LogP contribution is -2.23. The first kappa shape index (κ1) is 9.51. The van der Waals surface area contributed by atoms with E-state index in [0.29, 0.717) is 11.4 Å². The maximum atomic E-state index is 11.5. The van der Waals surface area contributed by atoms with Gasteiger partial charge in [-0.25, -0.2) is 4.98 Å². The standard InChI is InChI=1S/C9H12N2O2/c1-11(2)9(12)8-7(13-3)5-4-6-10-8/h4-6H,1-3H3. The smallest absolute Gasteiger partial charge is 0.275 e. The van der Waals surface area contributed by atoms with Gasteiger partial charge in [0.05, 0.1) is 7.11 Å². The number of ether oxygens (including phenoxy) is 1. The van der Waals surface area contributed by atoms with E-state index in [-0.39, 0.29) is 5.91 Å². The average molecular weight is 180 g/mol. The van der Waals surface area contributed by atoms with E-state index in [0.717, 1.165) is 0 Å². The summed E-state index contributed by atoms with van der Waals surface area (Å²) in [5.74, 6) is 0.346. The number of rotatable bonds is 2. The summed E-state index contributed by atoms with van der Waals surface area (Å²) in [7, 11) is 4.87. The average Bonchev–Trinajstić information content (AvgIpc) is 2.16. The maximum Gasteiger partial charge on any atom is 0.275 e. The van der Waals surface area contributed by atoms with Crippen LogP contribution in [0.5, 0.6) is 5.75 Å². The van der Waals surface area contributed by atoms with Crippen molar-refractivity contribution in [2.75, 3.05) is 21.2 Å². The van der Waals surface area contributed by atoms with Gasteiger partial charge in [0.15, 0.2) is 5.69 Å². The molecule has 0 N–H and O–H groups in total. The number of methoxy groups -OCH3 is 1. The van der Waals surface area contributed by atoms with Crippen molar-refractivity contribution < 1.29 is 9.53 Å². The Morgan fingerprint density at radius 3 is 2.77 bits per heavy atom. The zero-order valence-electron chi connectivity index (χ0n) is 7.94. The van der Waals surface area contributed by atoms with Gasteiger partial charge >= 0.3 is 0 Å². The Morgan fingerprint density at radius 1 is 1.54 bits per heavy atom.